The minimum atomic E-state index is -0.944. The topological polar surface area (TPSA) is 82.1 Å². The molecule has 2 aliphatic heterocycles. The summed E-state index contributed by atoms with van der Waals surface area (Å²) in [5.74, 6) is -0.500. The summed E-state index contributed by atoms with van der Waals surface area (Å²) in [5, 5.41) is 11.6. The molecule has 2 aromatic rings. The predicted molar refractivity (Wildman–Crippen MR) is 142 cm³/mol. The number of nitrogens with one attached hydrogen (secondary N) is 1. The summed E-state index contributed by atoms with van der Waals surface area (Å²) < 4.78 is 31.8. The fourth-order valence-corrected chi connectivity index (χ4v) is 4.78. The Bertz CT molecular complexity index is 1120. The van der Waals surface area contributed by atoms with Crippen molar-refractivity contribution in [3.63, 3.8) is 0 Å². The maximum Gasteiger partial charge on any atom is 0.414 e. The molecule has 10 heteroatoms. The molecule has 1 atom stereocenters. The van der Waals surface area contributed by atoms with Crippen molar-refractivity contribution in [3.8, 4) is 5.75 Å². The average Bonchev–Trinajstić information content (AvgIpc) is 3.11. The Kier molecular flexibility index (Phi) is 9.07. The van der Waals surface area contributed by atoms with Crippen molar-refractivity contribution >= 4 is 35.5 Å². The number of likely N-dealkylation sites (tertiary alicyclic amines) is 1. The van der Waals surface area contributed by atoms with E-state index in [1.807, 2.05) is 6.92 Å². The highest BCUT2D eigenvalue weighted by atomic mass is 32.2. The SMILES string of the molecule is CCN(C(=O)OC(C)(C)C)c1cc(F)cc2c1NC(=O)[C@@]2(C)N1CCCCC1.Oc1ccc(SF)cc1. The van der Waals surface area contributed by atoms with Crippen LogP contribution in [0.3, 0.4) is 0 Å². The first kappa shape index (κ1) is 28.7. The zero-order chi connectivity index (χ0) is 27.4. The number of ether oxygens (including phenoxy) is 1. The van der Waals surface area contributed by atoms with Gasteiger partial charge in [0.25, 0.3) is 0 Å². The quantitative estimate of drug-likeness (QED) is 0.459. The standard InChI is InChI=1S/C21H30FN3O3.C6H5FOS/c1-6-25(19(27)28-20(2,3)4)16-13-14(22)12-15-17(16)23-18(26)21(15,5)24-10-8-7-9-11-24;7-9-6-3-1-5(8)2-4-6/h12-13H,6-11H2,1-5H3,(H,23,26);1-4,8H/t21-;/m0./s1. The van der Waals surface area contributed by atoms with Crippen LogP contribution in [-0.4, -0.2) is 47.2 Å². The molecular weight excluding hydrogens is 500 g/mol. The monoisotopic (exact) mass is 535 g/mol. The van der Waals surface area contributed by atoms with Gasteiger partial charge in [0.05, 0.1) is 23.5 Å². The van der Waals surface area contributed by atoms with Gasteiger partial charge in [-0.3, -0.25) is 14.6 Å². The van der Waals surface area contributed by atoms with E-state index in [9.17, 15) is 17.9 Å². The number of hydrogen-bond donors (Lipinski definition) is 2. The predicted octanol–water partition coefficient (Wildman–Crippen LogP) is 6.61. The molecule has 1 saturated heterocycles. The van der Waals surface area contributed by atoms with E-state index in [4.69, 9.17) is 9.84 Å². The molecule has 7 nitrogen and oxygen atoms in total. The first-order chi connectivity index (χ1) is 17.4. The summed E-state index contributed by atoms with van der Waals surface area (Å²) in [5.41, 5.74) is -0.212. The number of hydrogen-bond acceptors (Lipinski definition) is 6. The van der Waals surface area contributed by atoms with Crippen molar-refractivity contribution in [2.75, 3.05) is 29.9 Å². The van der Waals surface area contributed by atoms with Gasteiger partial charge in [-0.1, -0.05) is 6.42 Å². The third-order valence-corrected chi connectivity index (χ3v) is 6.87. The van der Waals surface area contributed by atoms with Gasteiger partial charge >= 0.3 is 6.09 Å². The molecule has 0 unspecified atom stereocenters. The number of carbonyl (C=O) groups excluding carboxylic acids is 2. The molecule has 2 heterocycles. The van der Waals surface area contributed by atoms with Crippen molar-refractivity contribution in [2.24, 2.45) is 0 Å². The maximum atomic E-state index is 14.6. The summed E-state index contributed by atoms with van der Waals surface area (Å²) in [6.45, 7) is 10.9. The number of nitrogens with zero attached hydrogens (tertiary/aromatic N) is 2. The smallest absolute Gasteiger partial charge is 0.414 e. The third-order valence-electron chi connectivity index (χ3n) is 6.42. The van der Waals surface area contributed by atoms with E-state index in [-0.39, 0.29) is 23.8 Å². The number of benzene rings is 2. The average molecular weight is 536 g/mol. The van der Waals surface area contributed by atoms with Gasteiger partial charge in [-0.2, -0.15) is 3.89 Å². The number of aromatic hydroxyl groups is 1. The van der Waals surface area contributed by atoms with Crippen molar-refractivity contribution in [2.45, 2.75) is 69.9 Å². The number of rotatable bonds is 4. The van der Waals surface area contributed by atoms with Crippen LogP contribution in [0.4, 0.5) is 24.4 Å². The van der Waals surface area contributed by atoms with Gasteiger partial charge in [0.1, 0.15) is 22.7 Å². The molecular formula is C27H35F2N3O4S. The second-order valence-corrected chi connectivity index (χ2v) is 10.8. The number of piperidine rings is 1. The third kappa shape index (κ3) is 6.54. The maximum absolute atomic E-state index is 14.6. The molecule has 2 N–H and O–H groups in total. The van der Waals surface area contributed by atoms with E-state index >= 15 is 0 Å². The lowest BCUT2D eigenvalue weighted by atomic mass is 9.89. The molecule has 2 aliphatic rings. The second kappa shape index (κ2) is 11.7. The van der Waals surface area contributed by atoms with Crippen LogP contribution in [0.2, 0.25) is 0 Å². The van der Waals surface area contributed by atoms with Crippen molar-refractivity contribution in [1.82, 2.24) is 4.90 Å². The summed E-state index contributed by atoms with van der Waals surface area (Å²) in [7, 11) is 0. The molecule has 202 valence electrons. The molecule has 0 bridgehead atoms. The minimum absolute atomic E-state index is 0.160. The molecule has 1 fully saturated rings. The Morgan fingerprint density at radius 3 is 2.35 bits per heavy atom. The van der Waals surface area contributed by atoms with E-state index < -0.39 is 23.1 Å². The molecule has 0 aliphatic carbocycles. The van der Waals surface area contributed by atoms with E-state index in [0.29, 0.717) is 28.4 Å². The zero-order valence-corrected chi connectivity index (χ0v) is 22.8. The lowest BCUT2D eigenvalue weighted by molar-refractivity contribution is -0.127. The van der Waals surface area contributed by atoms with Crippen LogP contribution in [0.1, 0.15) is 59.4 Å². The fourth-order valence-electron chi connectivity index (χ4n) is 4.55. The normalized spacial score (nSPS) is 19.4. The number of phenolic OH excluding ortho intramolecular Hbond substituents is 1. The van der Waals surface area contributed by atoms with Crippen molar-refractivity contribution in [3.05, 3.63) is 47.8 Å². The van der Waals surface area contributed by atoms with Gasteiger partial charge in [-0.15, -0.1) is 0 Å². The minimum Gasteiger partial charge on any atom is -0.508 e. The van der Waals surface area contributed by atoms with Gasteiger partial charge in [0, 0.05) is 17.0 Å². The van der Waals surface area contributed by atoms with E-state index in [1.165, 1.54) is 41.3 Å². The first-order valence-electron chi connectivity index (χ1n) is 12.4. The number of phenols is 1. The number of anilines is 2. The number of amides is 2. The summed E-state index contributed by atoms with van der Waals surface area (Å²) >= 11 is 0.166. The number of halogens is 2. The van der Waals surface area contributed by atoms with Crippen LogP contribution < -0.4 is 10.2 Å². The van der Waals surface area contributed by atoms with E-state index in [2.05, 4.69) is 10.2 Å². The highest BCUT2D eigenvalue weighted by Crippen LogP contribution is 2.46. The molecule has 4 rings (SSSR count). The van der Waals surface area contributed by atoms with E-state index in [0.717, 1.165) is 32.4 Å². The van der Waals surface area contributed by atoms with E-state index in [1.54, 1.807) is 27.7 Å². The Morgan fingerprint density at radius 1 is 1.19 bits per heavy atom. The van der Waals surface area contributed by atoms with Gasteiger partial charge in [0.2, 0.25) is 5.91 Å². The highest BCUT2D eigenvalue weighted by molar-refractivity contribution is 7.94. The zero-order valence-electron chi connectivity index (χ0n) is 21.9. The Morgan fingerprint density at radius 2 is 1.81 bits per heavy atom. The Hall–Kier alpha value is -2.85. The number of carbonyl (C=O) groups is 2. The molecule has 2 amide bonds. The van der Waals surface area contributed by atoms with Crippen LogP contribution in [-0.2, 0) is 15.1 Å². The van der Waals surface area contributed by atoms with Crippen molar-refractivity contribution < 1.29 is 27.7 Å². The lowest BCUT2D eigenvalue weighted by Gasteiger charge is -2.39. The largest absolute Gasteiger partial charge is 0.508 e. The van der Waals surface area contributed by atoms with Crippen LogP contribution in [0.5, 0.6) is 5.75 Å². The van der Waals surface area contributed by atoms with Crippen LogP contribution in [0.15, 0.2) is 41.3 Å². The van der Waals surface area contributed by atoms with Crippen LogP contribution >= 0.6 is 12.1 Å². The van der Waals surface area contributed by atoms with Crippen LogP contribution in [0.25, 0.3) is 0 Å². The summed E-state index contributed by atoms with van der Waals surface area (Å²) in [6.07, 6.45) is 2.60. The first-order valence-corrected chi connectivity index (χ1v) is 13.1. The van der Waals surface area contributed by atoms with Gasteiger partial charge in [-0.05, 0) is 96.9 Å². The summed E-state index contributed by atoms with van der Waals surface area (Å²) in [4.78, 5) is 29.7. The van der Waals surface area contributed by atoms with Crippen LogP contribution in [0, 0.1) is 5.82 Å². The van der Waals surface area contributed by atoms with Gasteiger partial charge in [0.15, 0.2) is 0 Å². The summed E-state index contributed by atoms with van der Waals surface area (Å²) in [6, 6.07) is 8.62. The number of fused-ring (bicyclic) bond motifs is 1. The fraction of sp³-hybridized carbons (Fsp3) is 0.481. The molecule has 0 saturated carbocycles. The highest BCUT2D eigenvalue weighted by Gasteiger charge is 2.49. The van der Waals surface area contributed by atoms with Gasteiger partial charge < -0.3 is 15.2 Å². The Balaban J connectivity index is 0.000000356. The molecule has 2 aromatic carbocycles. The lowest BCUT2D eigenvalue weighted by Crippen LogP contribution is -2.50. The molecule has 0 aromatic heterocycles. The molecule has 0 spiro atoms. The molecule has 37 heavy (non-hydrogen) atoms. The second-order valence-electron chi connectivity index (χ2n) is 10.2. The van der Waals surface area contributed by atoms with Crippen molar-refractivity contribution in [1.29, 1.82) is 0 Å². The van der Waals surface area contributed by atoms with Gasteiger partial charge in [-0.25, -0.2) is 9.18 Å². The Labute approximate surface area is 221 Å². The molecule has 0 radical (unpaired) electrons.